The highest BCUT2D eigenvalue weighted by atomic mass is 16.5. The Bertz CT molecular complexity index is 1590. The predicted octanol–water partition coefficient (Wildman–Crippen LogP) is 7.96. The molecule has 5 heterocycles. The molecule has 0 amide bonds. The molecule has 4 atom stereocenters. The van der Waals surface area contributed by atoms with Crippen molar-refractivity contribution in [2.45, 2.75) is 61.4 Å². The van der Waals surface area contributed by atoms with E-state index in [9.17, 15) is 0 Å². The van der Waals surface area contributed by atoms with Gasteiger partial charge in [-0.15, -0.1) is 0 Å². The van der Waals surface area contributed by atoms with Gasteiger partial charge in [0.2, 0.25) is 0 Å². The van der Waals surface area contributed by atoms with Crippen LogP contribution in [0.5, 0.6) is 0 Å². The first-order chi connectivity index (χ1) is 22.8. The van der Waals surface area contributed by atoms with Crippen molar-refractivity contribution in [3.8, 4) is 0 Å². The van der Waals surface area contributed by atoms with Gasteiger partial charge >= 0.3 is 0 Å². The lowest BCUT2D eigenvalue weighted by Crippen LogP contribution is -2.40. The third kappa shape index (κ3) is 4.19. The maximum Gasteiger partial charge on any atom is 0.155 e. The van der Waals surface area contributed by atoms with Crippen LogP contribution in [0.3, 0.4) is 0 Å². The van der Waals surface area contributed by atoms with Crippen LogP contribution in [-0.4, -0.2) is 40.0 Å². The molecule has 0 bridgehead atoms. The molecule has 0 spiro atoms. The average Bonchev–Trinajstić information content (AvgIpc) is 3.93. The average molecular weight is 606 g/mol. The van der Waals surface area contributed by atoms with Crippen molar-refractivity contribution in [3.05, 3.63) is 173 Å². The monoisotopic (exact) mass is 605 g/mol. The minimum atomic E-state index is -0.568. The summed E-state index contributed by atoms with van der Waals surface area (Å²) in [5.41, 5.74) is 5.57. The summed E-state index contributed by atoms with van der Waals surface area (Å²) >= 11 is 0. The van der Waals surface area contributed by atoms with Gasteiger partial charge in [0.05, 0.1) is 23.5 Å². The van der Waals surface area contributed by atoms with Gasteiger partial charge in [0.1, 0.15) is 11.2 Å². The highest BCUT2D eigenvalue weighted by molar-refractivity contribution is 5.43. The Morgan fingerprint density at radius 2 is 0.804 bits per heavy atom. The molecule has 0 unspecified atom stereocenters. The topological polar surface area (TPSA) is 37.8 Å². The predicted molar refractivity (Wildman–Crippen MR) is 179 cm³/mol. The van der Waals surface area contributed by atoms with Crippen LogP contribution in [0.15, 0.2) is 140 Å². The summed E-state index contributed by atoms with van der Waals surface area (Å²) in [7, 11) is 0. The summed E-state index contributed by atoms with van der Waals surface area (Å²) in [6.45, 7) is 1.98. The fourth-order valence-electron chi connectivity index (χ4n) is 8.98. The normalized spacial score (nSPS) is 26.6. The van der Waals surface area contributed by atoms with E-state index in [1.165, 1.54) is 22.3 Å². The van der Waals surface area contributed by atoms with Gasteiger partial charge < -0.3 is 9.47 Å². The molecule has 5 nitrogen and oxygen atoms in total. The fourth-order valence-corrected chi connectivity index (χ4v) is 8.98. The van der Waals surface area contributed by atoms with Crippen LogP contribution in [0.4, 0.5) is 0 Å². The molecule has 0 N–H and O–H groups in total. The summed E-state index contributed by atoms with van der Waals surface area (Å²) in [5.74, 6) is 0. The van der Waals surface area contributed by atoms with E-state index in [-0.39, 0.29) is 24.5 Å². The van der Waals surface area contributed by atoms with Gasteiger partial charge in [-0.05, 0) is 60.1 Å². The largest absolute Gasteiger partial charge is 0.340 e. The minimum Gasteiger partial charge on any atom is -0.340 e. The van der Waals surface area contributed by atoms with Gasteiger partial charge in [0, 0.05) is 13.1 Å². The van der Waals surface area contributed by atoms with Gasteiger partial charge in [-0.1, -0.05) is 127 Å². The van der Waals surface area contributed by atoms with E-state index in [1.807, 2.05) is 0 Å². The molecule has 5 heteroatoms. The number of hydrogen-bond donors (Lipinski definition) is 0. The maximum atomic E-state index is 7.37. The lowest BCUT2D eigenvalue weighted by atomic mass is 9.79. The van der Waals surface area contributed by atoms with Crippen LogP contribution < -0.4 is 0 Å². The van der Waals surface area contributed by atoms with Crippen molar-refractivity contribution >= 4 is 0 Å². The van der Waals surface area contributed by atoms with Crippen LogP contribution in [-0.2, 0) is 20.7 Å². The number of pyridine rings is 1. The Kier molecular flexibility index (Phi) is 6.90. The molecule has 0 aliphatic carbocycles. The number of hydrogen-bond acceptors (Lipinski definition) is 5. The van der Waals surface area contributed by atoms with E-state index >= 15 is 0 Å². The standard InChI is InChI=1S/C41H39N3O2/c1-5-16-30(17-6-1)40(31-18-7-2-8-19-31)36-26-14-28-43(36)38(45-40)34-24-13-25-35(42-34)39-44-29-15-27-37(44)41(46-39,32-20-9-3-10-21-32)33-22-11-4-12-23-33/h1-13,16-25,36-39H,14-15,26-29H2/t36-,37-,38-,39-/m0/s1. The first-order valence-electron chi connectivity index (χ1n) is 16.9. The Hall–Kier alpha value is -4.13. The third-order valence-electron chi connectivity index (χ3n) is 10.8. The molecule has 0 saturated carbocycles. The highest BCUT2D eigenvalue weighted by Crippen LogP contribution is 2.56. The van der Waals surface area contributed by atoms with Crippen LogP contribution in [0.1, 0.15) is 71.8 Å². The molecule has 230 valence electrons. The lowest BCUT2D eigenvalue weighted by molar-refractivity contribution is -0.0543. The number of benzene rings is 4. The summed E-state index contributed by atoms with van der Waals surface area (Å²) in [6.07, 6.45) is 3.94. The van der Waals surface area contributed by atoms with E-state index in [1.54, 1.807) is 0 Å². The number of rotatable bonds is 6. The smallest absolute Gasteiger partial charge is 0.155 e. The second-order valence-corrected chi connectivity index (χ2v) is 13.2. The van der Waals surface area contributed by atoms with Crippen LogP contribution in [0.25, 0.3) is 0 Å². The Morgan fingerprint density at radius 3 is 1.15 bits per heavy atom. The van der Waals surface area contributed by atoms with Crippen molar-refractivity contribution in [1.29, 1.82) is 0 Å². The SMILES string of the molecule is c1ccc(C2(c3ccccc3)O[C@@H](c3cccc([C@@H]4OC(c5ccccc5)(c5ccccc5)[C@@H]5CCCN54)n3)N3CCC[C@H]32)cc1. The molecule has 0 radical (unpaired) electrons. The van der Waals surface area contributed by atoms with Crippen molar-refractivity contribution in [2.75, 3.05) is 13.1 Å². The number of fused-ring (bicyclic) bond motifs is 2. The molecular formula is C41H39N3O2. The van der Waals surface area contributed by atoms with E-state index in [2.05, 4.69) is 149 Å². The molecular weight excluding hydrogens is 566 g/mol. The third-order valence-corrected chi connectivity index (χ3v) is 10.8. The van der Waals surface area contributed by atoms with Gasteiger partial charge in [-0.3, -0.25) is 9.80 Å². The quantitative estimate of drug-likeness (QED) is 0.196. The minimum absolute atomic E-state index is 0.224. The van der Waals surface area contributed by atoms with E-state index < -0.39 is 11.2 Å². The van der Waals surface area contributed by atoms with Gasteiger partial charge in [-0.2, -0.15) is 0 Å². The molecule has 9 rings (SSSR count). The lowest BCUT2D eigenvalue weighted by Gasteiger charge is -2.35. The van der Waals surface area contributed by atoms with Crippen molar-refractivity contribution in [1.82, 2.24) is 14.8 Å². The second kappa shape index (κ2) is 11.3. The zero-order valence-corrected chi connectivity index (χ0v) is 26.0. The van der Waals surface area contributed by atoms with Gasteiger partial charge in [0.25, 0.3) is 0 Å². The van der Waals surface area contributed by atoms with E-state index in [4.69, 9.17) is 14.5 Å². The van der Waals surface area contributed by atoms with E-state index in [0.29, 0.717) is 0 Å². The fraction of sp³-hybridized carbons (Fsp3) is 0.293. The van der Waals surface area contributed by atoms with Crippen molar-refractivity contribution in [2.24, 2.45) is 0 Å². The Labute approximate surface area is 271 Å². The summed E-state index contributed by atoms with van der Waals surface area (Å²) in [5, 5.41) is 0. The zero-order chi connectivity index (χ0) is 30.6. The van der Waals surface area contributed by atoms with Crippen molar-refractivity contribution in [3.63, 3.8) is 0 Å². The maximum absolute atomic E-state index is 7.37. The molecule has 5 aromatic rings. The van der Waals surface area contributed by atoms with Crippen molar-refractivity contribution < 1.29 is 9.47 Å². The molecule has 4 aliphatic rings. The van der Waals surface area contributed by atoms with Crippen LogP contribution in [0.2, 0.25) is 0 Å². The number of aromatic nitrogens is 1. The van der Waals surface area contributed by atoms with Crippen LogP contribution >= 0.6 is 0 Å². The zero-order valence-electron chi connectivity index (χ0n) is 26.0. The Balaban J connectivity index is 1.13. The van der Waals surface area contributed by atoms with E-state index in [0.717, 1.165) is 50.2 Å². The summed E-state index contributed by atoms with van der Waals surface area (Å²) < 4.78 is 14.7. The molecule has 4 saturated heterocycles. The molecule has 4 fully saturated rings. The number of ether oxygens (including phenoxy) is 2. The highest BCUT2D eigenvalue weighted by Gasteiger charge is 2.59. The second-order valence-electron chi connectivity index (χ2n) is 13.2. The molecule has 1 aromatic heterocycles. The first-order valence-corrected chi connectivity index (χ1v) is 16.9. The van der Waals surface area contributed by atoms with Gasteiger partial charge in [-0.25, -0.2) is 4.98 Å². The Morgan fingerprint density at radius 1 is 0.457 bits per heavy atom. The molecule has 46 heavy (non-hydrogen) atoms. The molecule has 4 aliphatic heterocycles. The van der Waals surface area contributed by atoms with Gasteiger partial charge in [0.15, 0.2) is 12.5 Å². The first kappa shape index (κ1) is 28.1. The number of nitrogens with zero attached hydrogens (tertiary/aromatic N) is 3. The van der Waals surface area contributed by atoms with Crippen LogP contribution in [0, 0.1) is 0 Å². The summed E-state index contributed by atoms with van der Waals surface area (Å²) in [4.78, 5) is 10.5. The molecule has 4 aromatic carbocycles. The summed E-state index contributed by atoms with van der Waals surface area (Å²) in [6, 6.07) is 50.1.